The molecular weight excluding hydrogens is 256 g/mol. The van der Waals surface area contributed by atoms with Crippen molar-refractivity contribution in [2.24, 2.45) is 11.7 Å². The van der Waals surface area contributed by atoms with Crippen LogP contribution < -0.4 is 10.6 Å². The molecule has 1 aliphatic rings. The Morgan fingerprint density at radius 2 is 2.10 bits per heavy atom. The van der Waals surface area contributed by atoms with Gasteiger partial charge >= 0.3 is 5.97 Å². The van der Waals surface area contributed by atoms with Crippen LogP contribution in [0.25, 0.3) is 0 Å². The van der Waals surface area contributed by atoms with Crippen LogP contribution in [0.1, 0.15) is 31.7 Å². The highest BCUT2D eigenvalue weighted by atomic mass is 16.4. The lowest BCUT2D eigenvalue weighted by atomic mass is 9.99. The van der Waals surface area contributed by atoms with Gasteiger partial charge in [0.15, 0.2) is 0 Å². The normalized spacial score (nSPS) is 20.4. The molecule has 0 spiro atoms. The monoisotopic (exact) mass is 276 g/mol. The van der Waals surface area contributed by atoms with E-state index in [1.807, 2.05) is 13.8 Å². The second kappa shape index (κ2) is 5.63. The highest BCUT2D eigenvalue weighted by Crippen LogP contribution is 2.36. The number of anilines is 1. The van der Waals surface area contributed by atoms with Crippen molar-refractivity contribution in [3.63, 3.8) is 0 Å². The molecule has 0 bridgehead atoms. The van der Waals surface area contributed by atoms with Crippen molar-refractivity contribution in [1.29, 1.82) is 0 Å². The van der Waals surface area contributed by atoms with Crippen molar-refractivity contribution >= 4 is 17.6 Å². The number of nitrogens with two attached hydrogens (primary N) is 1. The molecule has 1 heterocycles. The zero-order chi connectivity index (χ0) is 14.9. The van der Waals surface area contributed by atoms with Gasteiger partial charge in [0.25, 0.3) is 0 Å². The first-order chi connectivity index (χ1) is 9.47. The third-order valence-electron chi connectivity index (χ3n) is 4.07. The molecule has 108 valence electrons. The van der Waals surface area contributed by atoms with Crippen molar-refractivity contribution in [3.05, 3.63) is 29.8 Å². The molecule has 20 heavy (non-hydrogen) atoms. The van der Waals surface area contributed by atoms with Crippen LogP contribution >= 0.6 is 0 Å². The molecule has 1 aromatic rings. The maximum atomic E-state index is 12.5. The Bertz CT molecular complexity index is 530. The summed E-state index contributed by atoms with van der Waals surface area (Å²) in [6.45, 7) is 4.08. The van der Waals surface area contributed by atoms with Crippen LogP contribution in [0.15, 0.2) is 24.3 Å². The van der Waals surface area contributed by atoms with E-state index in [0.29, 0.717) is 11.3 Å². The van der Waals surface area contributed by atoms with Crippen molar-refractivity contribution in [2.75, 3.05) is 11.4 Å². The largest absolute Gasteiger partial charge is 0.481 e. The molecular formula is C15H20N2O3. The topological polar surface area (TPSA) is 83.6 Å². The molecule has 0 aliphatic carbocycles. The Morgan fingerprint density at radius 1 is 1.45 bits per heavy atom. The number of carbonyl (C=O) groups excluding carboxylic acids is 1. The zero-order valence-electron chi connectivity index (χ0n) is 11.7. The molecule has 1 aliphatic heterocycles. The number of carbonyl (C=O) groups is 2. The first kappa shape index (κ1) is 14.5. The fraction of sp³-hybridized carbons (Fsp3) is 0.467. The zero-order valence-corrected chi connectivity index (χ0v) is 11.7. The Kier molecular flexibility index (Phi) is 4.09. The van der Waals surface area contributed by atoms with Crippen molar-refractivity contribution in [3.8, 4) is 0 Å². The molecule has 5 heteroatoms. The Hall–Kier alpha value is -1.88. The van der Waals surface area contributed by atoms with Gasteiger partial charge in [0.2, 0.25) is 5.91 Å². The van der Waals surface area contributed by atoms with E-state index in [9.17, 15) is 14.7 Å². The van der Waals surface area contributed by atoms with Crippen LogP contribution in [-0.4, -0.2) is 29.6 Å². The summed E-state index contributed by atoms with van der Waals surface area (Å²) in [5.41, 5.74) is 7.35. The number of rotatable bonds is 4. The van der Waals surface area contributed by atoms with E-state index in [2.05, 4.69) is 0 Å². The van der Waals surface area contributed by atoms with Gasteiger partial charge in [-0.2, -0.15) is 0 Å². The van der Waals surface area contributed by atoms with Gasteiger partial charge in [0, 0.05) is 12.2 Å². The minimum atomic E-state index is -0.912. The summed E-state index contributed by atoms with van der Waals surface area (Å²) >= 11 is 0. The number of hydrogen-bond donors (Lipinski definition) is 2. The number of fused-ring (bicyclic) bond motifs is 1. The SMILES string of the molecule is CCC(C)C(N)C(=O)N1CC(C(=O)O)c2ccccc21. The first-order valence-corrected chi connectivity index (χ1v) is 6.86. The van der Waals surface area contributed by atoms with E-state index in [4.69, 9.17) is 5.73 Å². The average molecular weight is 276 g/mol. The third-order valence-corrected chi connectivity index (χ3v) is 4.07. The predicted octanol–water partition coefficient (Wildman–Crippen LogP) is 1.57. The lowest BCUT2D eigenvalue weighted by Gasteiger charge is -2.25. The molecule has 0 saturated heterocycles. The Morgan fingerprint density at radius 3 is 2.70 bits per heavy atom. The molecule has 3 unspecified atom stereocenters. The van der Waals surface area contributed by atoms with Crippen LogP contribution in [0.3, 0.4) is 0 Å². The maximum absolute atomic E-state index is 12.5. The van der Waals surface area contributed by atoms with Gasteiger partial charge in [-0.25, -0.2) is 0 Å². The molecule has 1 aromatic carbocycles. The molecule has 0 fully saturated rings. The second-order valence-corrected chi connectivity index (χ2v) is 5.31. The minimum absolute atomic E-state index is 0.0681. The number of aliphatic carboxylic acids is 1. The van der Waals surface area contributed by atoms with Gasteiger partial charge in [0.1, 0.15) is 5.92 Å². The second-order valence-electron chi connectivity index (χ2n) is 5.31. The molecule has 3 atom stereocenters. The van der Waals surface area contributed by atoms with Gasteiger partial charge in [-0.1, -0.05) is 38.5 Å². The van der Waals surface area contributed by atoms with Crippen molar-refractivity contribution < 1.29 is 14.7 Å². The van der Waals surface area contributed by atoms with Crippen LogP contribution in [0, 0.1) is 5.92 Å². The Balaban J connectivity index is 2.31. The molecule has 0 saturated carbocycles. The first-order valence-electron chi connectivity index (χ1n) is 6.86. The molecule has 1 amide bonds. The van der Waals surface area contributed by atoms with Crippen LogP contribution in [0.2, 0.25) is 0 Å². The molecule has 2 rings (SSSR count). The lowest BCUT2D eigenvalue weighted by molar-refractivity contribution is -0.138. The molecule has 0 aromatic heterocycles. The number of carboxylic acids is 1. The summed E-state index contributed by atoms with van der Waals surface area (Å²) in [5, 5.41) is 9.28. The molecule has 5 nitrogen and oxygen atoms in total. The van der Waals surface area contributed by atoms with E-state index >= 15 is 0 Å². The predicted molar refractivity (Wildman–Crippen MR) is 76.6 cm³/mol. The fourth-order valence-corrected chi connectivity index (χ4v) is 2.50. The third kappa shape index (κ3) is 2.41. The van der Waals surface area contributed by atoms with Gasteiger partial charge in [-0.05, 0) is 17.5 Å². The van der Waals surface area contributed by atoms with E-state index in [1.165, 1.54) is 4.90 Å². The van der Waals surface area contributed by atoms with Crippen LogP contribution in [0.5, 0.6) is 0 Å². The minimum Gasteiger partial charge on any atom is -0.481 e. The summed E-state index contributed by atoms with van der Waals surface area (Å²) in [5.74, 6) is -1.71. The van der Waals surface area contributed by atoms with Gasteiger partial charge in [-0.3, -0.25) is 9.59 Å². The number of hydrogen-bond acceptors (Lipinski definition) is 3. The van der Waals surface area contributed by atoms with Crippen molar-refractivity contribution in [2.45, 2.75) is 32.2 Å². The lowest BCUT2D eigenvalue weighted by Crippen LogP contribution is -2.47. The van der Waals surface area contributed by atoms with Gasteiger partial charge in [-0.15, -0.1) is 0 Å². The Labute approximate surface area is 118 Å². The van der Waals surface area contributed by atoms with E-state index < -0.39 is 17.9 Å². The van der Waals surface area contributed by atoms with Crippen molar-refractivity contribution in [1.82, 2.24) is 0 Å². The van der Waals surface area contributed by atoms with E-state index in [0.717, 1.165) is 6.42 Å². The maximum Gasteiger partial charge on any atom is 0.312 e. The highest BCUT2D eigenvalue weighted by Gasteiger charge is 2.38. The standard InChI is InChI=1S/C15H20N2O3/c1-3-9(2)13(16)14(18)17-8-11(15(19)20)10-6-4-5-7-12(10)17/h4-7,9,11,13H,3,8,16H2,1-2H3,(H,19,20). The summed E-state index contributed by atoms with van der Waals surface area (Å²) < 4.78 is 0. The van der Waals surface area contributed by atoms with E-state index in [1.54, 1.807) is 24.3 Å². The fourth-order valence-electron chi connectivity index (χ4n) is 2.50. The number of nitrogens with zero attached hydrogens (tertiary/aromatic N) is 1. The molecule has 0 radical (unpaired) electrons. The number of carboxylic acid groups (broad SMARTS) is 1. The highest BCUT2D eigenvalue weighted by molar-refractivity contribution is 6.01. The van der Waals surface area contributed by atoms with Gasteiger partial charge < -0.3 is 15.7 Å². The summed E-state index contributed by atoms with van der Waals surface area (Å²) in [7, 11) is 0. The van der Waals surface area contributed by atoms with Crippen LogP contribution in [0.4, 0.5) is 5.69 Å². The summed E-state index contributed by atoms with van der Waals surface area (Å²) in [4.78, 5) is 25.3. The van der Waals surface area contributed by atoms with E-state index in [-0.39, 0.29) is 18.4 Å². The number of benzene rings is 1. The van der Waals surface area contributed by atoms with Crippen LogP contribution in [-0.2, 0) is 9.59 Å². The quantitative estimate of drug-likeness (QED) is 0.874. The van der Waals surface area contributed by atoms with Gasteiger partial charge in [0.05, 0.1) is 6.04 Å². The number of para-hydroxylation sites is 1. The summed E-state index contributed by atoms with van der Waals surface area (Å²) in [6, 6.07) is 6.53. The average Bonchev–Trinajstić information content (AvgIpc) is 2.84. The molecule has 3 N–H and O–H groups in total. The summed E-state index contributed by atoms with van der Waals surface area (Å²) in [6.07, 6.45) is 0.810. The smallest absolute Gasteiger partial charge is 0.312 e. The number of amides is 1.